The highest BCUT2D eigenvalue weighted by molar-refractivity contribution is 6.12. The van der Waals surface area contributed by atoms with E-state index in [2.05, 4.69) is 79.5 Å². The molecule has 0 aromatic rings. The number of fused-ring (bicyclic) bond motifs is 4. The van der Waals surface area contributed by atoms with Crippen LogP contribution >= 0.6 is 0 Å². The van der Waals surface area contributed by atoms with Crippen molar-refractivity contribution in [3.63, 3.8) is 0 Å². The summed E-state index contributed by atoms with van der Waals surface area (Å²) in [4.78, 5) is 4.36. The van der Waals surface area contributed by atoms with Crippen LogP contribution in [0.3, 0.4) is 0 Å². The van der Waals surface area contributed by atoms with Crippen LogP contribution < -0.4 is 0 Å². The fraction of sp³-hybridized carbons (Fsp3) is 1.00. The van der Waals surface area contributed by atoms with Gasteiger partial charge in [-0.3, -0.25) is 0 Å². The lowest BCUT2D eigenvalue weighted by atomic mass is 9.41. The molecule has 6 aliphatic rings. The fourth-order valence-corrected chi connectivity index (χ4v) is 6.78. The molecule has 6 rings (SSSR count). The highest BCUT2D eigenvalue weighted by Gasteiger charge is 2.55. The minimum absolute atomic E-state index is 0.492. The second kappa shape index (κ2) is 9.90. The summed E-state index contributed by atoms with van der Waals surface area (Å²) in [7, 11) is 20.4. The summed E-state index contributed by atoms with van der Waals surface area (Å²) in [5, 5.41) is 0. The van der Waals surface area contributed by atoms with Gasteiger partial charge in [0.2, 0.25) is 0 Å². The van der Waals surface area contributed by atoms with E-state index in [9.17, 15) is 0 Å². The van der Waals surface area contributed by atoms with Crippen LogP contribution in [0, 0.1) is 46.3 Å². The first kappa shape index (κ1) is 26.3. The van der Waals surface area contributed by atoms with Crippen molar-refractivity contribution in [3.05, 3.63) is 0 Å². The molecule has 0 amide bonds. The molecule has 0 unspecified atom stereocenters. The van der Waals surface area contributed by atoms with E-state index in [0.29, 0.717) is 22.5 Å². The first-order valence-corrected chi connectivity index (χ1v) is 12.5. The molecule has 4 radical (unpaired) electrons. The van der Waals surface area contributed by atoms with E-state index in [-0.39, 0.29) is 0 Å². The van der Waals surface area contributed by atoms with Gasteiger partial charge in [-0.1, -0.05) is 66.0 Å². The van der Waals surface area contributed by atoms with Gasteiger partial charge in [0.05, 0.1) is 15.7 Å². The Morgan fingerprint density at radius 2 is 0.933 bits per heavy atom. The number of rotatable bonds is 3. The fourth-order valence-electron chi connectivity index (χ4n) is 6.78. The van der Waals surface area contributed by atoms with Crippen LogP contribution in [0.2, 0.25) is 11.6 Å². The molecule has 6 aliphatic carbocycles. The summed E-state index contributed by atoms with van der Waals surface area (Å²) in [6.45, 7) is 16.6. The van der Waals surface area contributed by atoms with Crippen LogP contribution in [0.15, 0.2) is 0 Å². The molecular weight excluding hydrogens is 362 g/mol. The van der Waals surface area contributed by atoms with Crippen LogP contribution in [-0.4, -0.2) is 66.8 Å². The molecule has 0 heterocycles. The van der Waals surface area contributed by atoms with Crippen molar-refractivity contribution < 1.29 is 0 Å². The molecule has 0 N–H and O–H groups in total. The largest absolute Gasteiger partial charge is 0.308 e. The normalized spacial score (nSPS) is 42.1. The van der Waals surface area contributed by atoms with Crippen LogP contribution in [0.25, 0.3) is 0 Å². The Morgan fingerprint density at radius 3 is 1.10 bits per heavy atom. The molecule has 0 aromatic heterocycles. The zero-order valence-corrected chi connectivity index (χ0v) is 21.9. The molecule has 0 aliphatic heterocycles. The Balaban J connectivity index is 0.000000163. The van der Waals surface area contributed by atoms with Gasteiger partial charge in [-0.05, 0) is 87.4 Å². The van der Waals surface area contributed by atoms with E-state index in [1.165, 1.54) is 25.7 Å². The third-order valence-corrected chi connectivity index (χ3v) is 9.82. The molecule has 30 heavy (non-hydrogen) atoms. The van der Waals surface area contributed by atoms with Crippen molar-refractivity contribution in [1.82, 2.24) is 9.80 Å². The summed E-state index contributed by atoms with van der Waals surface area (Å²) < 4.78 is 0. The molecule has 4 heteroatoms. The van der Waals surface area contributed by atoms with E-state index in [1.807, 2.05) is 0 Å². The van der Waals surface area contributed by atoms with Crippen molar-refractivity contribution in [3.8, 4) is 0 Å². The number of nitrogens with zero attached hydrogens (tertiary/aromatic N) is 2. The van der Waals surface area contributed by atoms with Crippen molar-refractivity contribution >= 4 is 15.7 Å². The average molecular weight is 412 g/mol. The summed E-state index contributed by atoms with van der Waals surface area (Å²) >= 11 is 0. The smallest absolute Gasteiger partial charge is 0.0703 e. The summed E-state index contributed by atoms with van der Waals surface area (Å²) in [6.07, 6.45) is 5.43. The minimum atomic E-state index is 0.492. The van der Waals surface area contributed by atoms with Crippen molar-refractivity contribution in [2.45, 2.75) is 78.9 Å². The van der Waals surface area contributed by atoms with Gasteiger partial charge >= 0.3 is 0 Å². The zero-order chi connectivity index (χ0) is 23.0. The lowest BCUT2D eigenvalue weighted by molar-refractivity contribution is -0.0980. The zero-order valence-electron chi connectivity index (χ0n) is 21.9. The van der Waals surface area contributed by atoms with E-state index in [1.54, 1.807) is 0 Å². The van der Waals surface area contributed by atoms with E-state index >= 15 is 0 Å². The third-order valence-electron chi connectivity index (χ3n) is 9.82. The molecule has 4 bridgehead atoms. The predicted molar refractivity (Wildman–Crippen MR) is 134 cm³/mol. The molecule has 0 aromatic carbocycles. The van der Waals surface area contributed by atoms with Crippen LogP contribution in [0.5, 0.6) is 0 Å². The molecule has 2 nitrogen and oxygen atoms in total. The van der Waals surface area contributed by atoms with E-state index in [0.717, 1.165) is 48.6 Å². The lowest BCUT2D eigenvalue weighted by Gasteiger charge is -2.62. The Morgan fingerprint density at radius 1 is 0.633 bits per heavy atom. The summed E-state index contributed by atoms with van der Waals surface area (Å²) in [6, 6.07) is 0. The second-order valence-electron chi connectivity index (χ2n) is 12.8. The third kappa shape index (κ3) is 5.51. The molecule has 8 atom stereocenters. The minimum Gasteiger partial charge on any atom is -0.308 e. The maximum Gasteiger partial charge on any atom is 0.0703 e. The molecule has 170 valence electrons. The molecule has 6 fully saturated rings. The average Bonchev–Trinajstić information content (AvgIpc) is 2.64. The number of hydrogen-bond donors (Lipinski definition) is 0. The topological polar surface area (TPSA) is 6.48 Å². The first-order chi connectivity index (χ1) is 13.7. The summed E-state index contributed by atoms with van der Waals surface area (Å²) in [5.41, 5.74) is 1.21. The van der Waals surface area contributed by atoms with Crippen LogP contribution in [0.4, 0.5) is 0 Å². The van der Waals surface area contributed by atoms with Gasteiger partial charge in [-0.25, -0.2) is 0 Å². The predicted octanol–water partition coefficient (Wildman–Crippen LogP) is 5.40. The lowest BCUT2D eigenvalue weighted by Crippen LogP contribution is -2.53. The Bertz CT molecular complexity index is 497. The molecule has 6 saturated carbocycles. The Kier molecular flexibility index (Phi) is 8.68. The van der Waals surface area contributed by atoms with E-state index < -0.39 is 0 Å². The van der Waals surface area contributed by atoms with Gasteiger partial charge < -0.3 is 9.80 Å². The highest BCUT2D eigenvalue weighted by Crippen LogP contribution is 2.64. The monoisotopic (exact) mass is 412 g/mol. The SMILES string of the molecule is CN(C)CCN(C)C.[B][C@H]1C[C@@H]2C[C@H]([C@@H]1C)C2(C)C.[B][C@H]1C[C@@H]2C[C@H]([C@@H]1C)C2(C)C. The van der Waals surface area contributed by atoms with Gasteiger partial charge in [-0.15, -0.1) is 0 Å². The molecule has 0 saturated heterocycles. The van der Waals surface area contributed by atoms with E-state index in [4.69, 9.17) is 15.7 Å². The standard InChI is InChI=1S/2C10H17B.C6H16N2/c2*1-6-8-4-7(5-9(6)11)10(8,2)3;1-7(2)5-6-8(3)4/h2*6-9H,4-5H2,1-3H3;5-6H2,1-4H3/t2*6-,7-,8+,9-;/m00./s1. The van der Waals surface area contributed by atoms with Gasteiger partial charge in [0, 0.05) is 13.1 Å². The quantitative estimate of drug-likeness (QED) is 0.573. The Hall–Kier alpha value is 0.0499. The van der Waals surface area contributed by atoms with Gasteiger partial charge in [0.1, 0.15) is 0 Å². The van der Waals surface area contributed by atoms with Crippen molar-refractivity contribution in [2.24, 2.45) is 46.3 Å². The maximum absolute atomic E-state index is 6.02. The van der Waals surface area contributed by atoms with Crippen LogP contribution in [0.1, 0.15) is 67.2 Å². The van der Waals surface area contributed by atoms with Crippen molar-refractivity contribution in [2.75, 3.05) is 41.3 Å². The molecular formula is C26H50B2N2. The van der Waals surface area contributed by atoms with Gasteiger partial charge in [-0.2, -0.15) is 0 Å². The van der Waals surface area contributed by atoms with Crippen LogP contribution in [-0.2, 0) is 0 Å². The molecule has 0 spiro atoms. The Labute approximate surface area is 192 Å². The number of likely N-dealkylation sites (N-methyl/N-ethyl adjacent to an activating group) is 2. The first-order valence-electron chi connectivity index (χ1n) is 12.5. The van der Waals surface area contributed by atoms with Crippen molar-refractivity contribution in [1.29, 1.82) is 0 Å². The number of hydrogen-bond acceptors (Lipinski definition) is 2. The summed E-state index contributed by atoms with van der Waals surface area (Å²) in [5.74, 6) is 6.19. The van der Waals surface area contributed by atoms with Gasteiger partial charge in [0.25, 0.3) is 0 Å². The van der Waals surface area contributed by atoms with Gasteiger partial charge in [0.15, 0.2) is 0 Å². The maximum atomic E-state index is 6.02. The highest BCUT2D eigenvalue weighted by atomic mass is 15.1. The second-order valence-corrected chi connectivity index (χ2v) is 12.8.